The van der Waals surface area contributed by atoms with Crippen LogP contribution in [0.15, 0.2) is 30.3 Å². The SMILES string of the molecule is CN(C(=O)c1ccc(-c2ccc3c(c2)OCCO3)s1)C1CCNCC1. The van der Waals surface area contributed by atoms with E-state index < -0.39 is 0 Å². The van der Waals surface area contributed by atoms with Crippen molar-refractivity contribution in [3.8, 4) is 21.9 Å². The van der Waals surface area contributed by atoms with Crippen LogP contribution in [-0.4, -0.2) is 50.2 Å². The van der Waals surface area contributed by atoms with Crippen LogP contribution in [0.3, 0.4) is 0 Å². The number of hydrogen-bond donors (Lipinski definition) is 1. The van der Waals surface area contributed by atoms with Crippen LogP contribution in [-0.2, 0) is 0 Å². The topological polar surface area (TPSA) is 50.8 Å². The lowest BCUT2D eigenvalue weighted by Crippen LogP contribution is -2.43. The third-order valence-electron chi connectivity index (χ3n) is 4.82. The maximum Gasteiger partial charge on any atom is 0.263 e. The molecule has 0 radical (unpaired) electrons. The average molecular weight is 358 g/mol. The number of carbonyl (C=O) groups excluding carboxylic acids is 1. The number of nitrogens with one attached hydrogen (secondary N) is 1. The number of ether oxygens (including phenoxy) is 2. The first-order valence-electron chi connectivity index (χ1n) is 8.70. The first-order valence-corrected chi connectivity index (χ1v) is 9.52. The molecule has 6 heteroatoms. The molecule has 2 aromatic rings. The van der Waals surface area contributed by atoms with Crippen LogP contribution in [0.5, 0.6) is 11.5 Å². The Morgan fingerprint density at radius 2 is 1.88 bits per heavy atom. The van der Waals surface area contributed by atoms with Crippen LogP contribution in [0.4, 0.5) is 0 Å². The van der Waals surface area contributed by atoms with Crippen LogP contribution < -0.4 is 14.8 Å². The van der Waals surface area contributed by atoms with Crippen molar-refractivity contribution < 1.29 is 14.3 Å². The fraction of sp³-hybridized carbons (Fsp3) is 0.421. The molecule has 25 heavy (non-hydrogen) atoms. The summed E-state index contributed by atoms with van der Waals surface area (Å²) in [4.78, 5) is 16.5. The van der Waals surface area contributed by atoms with Gasteiger partial charge in [-0.25, -0.2) is 0 Å². The second-order valence-electron chi connectivity index (χ2n) is 6.42. The summed E-state index contributed by atoms with van der Waals surface area (Å²) < 4.78 is 11.2. The Morgan fingerprint density at radius 1 is 1.12 bits per heavy atom. The zero-order chi connectivity index (χ0) is 17.2. The Morgan fingerprint density at radius 3 is 2.68 bits per heavy atom. The lowest BCUT2D eigenvalue weighted by atomic mass is 10.1. The molecule has 5 nitrogen and oxygen atoms in total. The number of benzene rings is 1. The van der Waals surface area contributed by atoms with Gasteiger partial charge in [0.15, 0.2) is 11.5 Å². The van der Waals surface area contributed by atoms with Crippen molar-refractivity contribution in [1.29, 1.82) is 0 Å². The van der Waals surface area contributed by atoms with Crippen molar-refractivity contribution in [2.45, 2.75) is 18.9 Å². The second-order valence-corrected chi connectivity index (χ2v) is 7.50. The minimum absolute atomic E-state index is 0.112. The van der Waals surface area contributed by atoms with Gasteiger partial charge in [-0.2, -0.15) is 0 Å². The number of thiophene rings is 1. The minimum Gasteiger partial charge on any atom is -0.486 e. The Balaban J connectivity index is 1.52. The van der Waals surface area contributed by atoms with Crippen molar-refractivity contribution in [3.63, 3.8) is 0 Å². The molecule has 0 atom stereocenters. The van der Waals surface area contributed by atoms with Gasteiger partial charge in [0.05, 0.1) is 4.88 Å². The molecular formula is C19H22N2O3S. The van der Waals surface area contributed by atoms with E-state index in [1.807, 2.05) is 42.3 Å². The Bertz CT molecular complexity index is 768. The minimum atomic E-state index is 0.112. The standard InChI is InChI=1S/C19H22N2O3S/c1-21(14-6-8-20-9-7-14)19(22)18-5-4-17(25-18)13-2-3-15-16(12-13)24-11-10-23-15/h2-5,12,14,20H,6-11H2,1H3. The van der Waals surface area contributed by atoms with E-state index in [9.17, 15) is 4.79 Å². The van der Waals surface area contributed by atoms with Gasteiger partial charge in [0.25, 0.3) is 5.91 Å². The highest BCUT2D eigenvalue weighted by Crippen LogP contribution is 2.37. The lowest BCUT2D eigenvalue weighted by molar-refractivity contribution is 0.0708. The molecule has 0 unspecified atom stereocenters. The molecule has 1 N–H and O–H groups in total. The van der Waals surface area contributed by atoms with Gasteiger partial charge < -0.3 is 19.7 Å². The molecule has 1 fully saturated rings. The zero-order valence-electron chi connectivity index (χ0n) is 14.3. The highest BCUT2D eigenvalue weighted by molar-refractivity contribution is 7.17. The molecule has 2 aliphatic rings. The normalized spacial score (nSPS) is 17.3. The number of carbonyl (C=O) groups is 1. The Labute approximate surface area is 151 Å². The smallest absolute Gasteiger partial charge is 0.263 e. The number of nitrogens with zero attached hydrogens (tertiary/aromatic N) is 1. The number of rotatable bonds is 3. The third kappa shape index (κ3) is 3.37. The first-order chi connectivity index (χ1) is 12.2. The summed E-state index contributed by atoms with van der Waals surface area (Å²) in [5, 5.41) is 3.34. The van der Waals surface area contributed by atoms with Gasteiger partial charge in [-0.1, -0.05) is 0 Å². The summed E-state index contributed by atoms with van der Waals surface area (Å²) in [6.45, 7) is 3.13. The van der Waals surface area contributed by atoms with E-state index in [1.54, 1.807) is 0 Å². The molecule has 0 saturated carbocycles. The van der Waals surface area contributed by atoms with E-state index in [-0.39, 0.29) is 5.91 Å². The third-order valence-corrected chi connectivity index (χ3v) is 5.94. The summed E-state index contributed by atoms with van der Waals surface area (Å²) in [5.74, 6) is 1.67. The molecule has 0 aliphatic carbocycles. The summed E-state index contributed by atoms with van der Waals surface area (Å²) in [5.41, 5.74) is 1.05. The van der Waals surface area contributed by atoms with Crippen LogP contribution >= 0.6 is 11.3 Å². The predicted molar refractivity (Wildman–Crippen MR) is 98.7 cm³/mol. The summed E-state index contributed by atoms with van der Waals surface area (Å²) in [6.07, 6.45) is 2.03. The van der Waals surface area contributed by atoms with Crippen LogP contribution in [0.25, 0.3) is 10.4 Å². The Kier molecular flexibility index (Phi) is 4.63. The van der Waals surface area contributed by atoms with Gasteiger partial charge in [0.1, 0.15) is 13.2 Å². The molecule has 4 rings (SSSR count). The van der Waals surface area contributed by atoms with Gasteiger partial charge in [-0.3, -0.25) is 4.79 Å². The van der Waals surface area contributed by atoms with Crippen LogP contribution in [0, 0.1) is 0 Å². The van der Waals surface area contributed by atoms with Crippen molar-refractivity contribution in [2.24, 2.45) is 0 Å². The van der Waals surface area contributed by atoms with E-state index in [1.165, 1.54) is 11.3 Å². The molecule has 1 saturated heterocycles. The average Bonchev–Trinajstić information content (AvgIpc) is 3.17. The molecule has 132 valence electrons. The molecule has 1 amide bonds. The van der Waals surface area contributed by atoms with Crippen molar-refractivity contribution in [3.05, 3.63) is 35.2 Å². The number of fused-ring (bicyclic) bond motifs is 1. The summed E-state index contributed by atoms with van der Waals surface area (Å²) in [7, 11) is 1.92. The molecule has 0 spiro atoms. The van der Waals surface area contributed by atoms with Gasteiger partial charge in [0.2, 0.25) is 0 Å². The van der Waals surface area contributed by atoms with Gasteiger partial charge in [0, 0.05) is 18.0 Å². The van der Waals surface area contributed by atoms with E-state index in [2.05, 4.69) is 5.32 Å². The highest BCUT2D eigenvalue weighted by Gasteiger charge is 2.24. The van der Waals surface area contributed by atoms with Gasteiger partial charge >= 0.3 is 0 Å². The number of piperidine rings is 1. The van der Waals surface area contributed by atoms with Gasteiger partial charge in [-0.15, -0.1) is 11.3 Å². The van der Waals surface area contributed by atoms with Crippen LogP contribution in [0.2, 0.25) is 0 Å². The van der Waals surface area contributed by atoms with Crippen molar-refractivity contribution >= 4 is 17.2 Å². The second kappa shape index (κ2) is 7.06. The largest absolute Gasteiger partial charge is 0.486 e. The van der Waals surface area contributed by atoms with Crippen molar-refractivity contribution in [1.82, 2.24) is 10.2 Å². The number of amides is 1. The van der Waals surface area contributed by atoms with Crippen LogP contribution in [0.1, 0.15) is 22.5 Å². The molecule has 1 aromatic heterocycles. The highest BCUT2D eigenvalue weighted by atomic mass is 32.1. The zero-order valence-corrected chi connectivity index (χ0v) is 15.1. The van der Waals surface area contributed by atoms with Crippen molar-refractivity contribution in [2.75, 3.05) is 33.4 Å². The molecule has 2 aliphatic heterocycles. The fourth-order valence-corrected chi connectivity index (χ4v) is 4.32. The quantitative estimate of drug-likeness (QED) is 0.916. The van der Waals surface area contributed by atoms with E-state index >= 15 is 0 Å². The molecular weight excluding hydrogens is 336 g/mol. The lowest BCUT2D eigenvalue weighted by Gasteiger charge is -2.31. The summed E-state index contributed by atoms with van der Waals surface area (Å²) >= 11 is 1.53. The fourth-order valence-electron chi connectivity index (χ4n) is 3.34. The van der Waals surface area contributed by atoms with E-state index in [0.717, 1.165) is 52.7 Å². The van der Waals surface area contributed by atoms with E-state index in [0.29, 0.717) is 19.3 Å². The predicted octanol–water partition coefficient (Wildman–Crippen LogP) is 3.01. The molecule has 1 aromatic carbocycles. The van der Waals surface area contributed by atoms with E-state index in [4.69, 9.17) is 9.47 Å². The maximum absolute atomic E-state index is 12.8. The number of hydrogen-bond acceptors (Lipinski definition) is 5. The van der Waals surface area contributed by atoms with Gasteiger partial charge in [-0.05, 0) is 61.8 Å². The molecule has 3 heterocycles. The molecule has 0 bridgehead atoms. The first kappa shape index (κ1) is 16.4. The maximum atomic E-state index is 12.8. The summed E-state index contributed by atoms with van der Waals surface area (Å²) in [6, 6.07) is 10.2. The Hall–Kier alpha value is -2.05. The monoisotopic (exact) mass is 358 g/mol.